The fourth-order valence-electron chi connectivity index (χ4n) is 3.21. The quantitative estimate of drug-likeness (QED) is 0.783. The summed E-state index contributed by atoms with van der Waals surface area (Å²) < 4.78 is 53.2. The van der Waals surface area contributed by atoms with Gasteiger partial charge in [0.25, 0.3) is 5.91 Å². The standard InChI is InChI=1S/C15H16F4N2O/c1-14(16)7-21(8-14)5-9-3-10-11(6-20(2)13(10)22)12(4-9)15(17,18)19/h3-4H,5-8H2,1-2H3. The van der Waals surface area contributed by atoms with Crippen LogP contribution in [-0.2, 0) is 19.3 Å². The Labute approximate surface area is 125 Å². The fraction of sp³-hybridized carbons (Fsp3) is 0.533. The zero-order chi connectivity index (χ0) is 16.3. The van der Waals surface area contributed by atoms with Crippen molar-refractivity contribution >= 4 is 5.91 Å². The maximum absolute atomic E-state index is 13.5. The Hall–Kier alpha value is -1.63. The van der Waals surface area contributed by atoms with Gasteiger partial charge in [-0.1, -0.05) is 0 Å². The summed E-state index contributed by atoms with van der Waals surface area (Å²) in [5, 5.41) is 0. The molecule has 1 aromatic rings. The number of nitrogens with zero attached hydrogens (tertiary/aromatic N) is 2. The predicted molar refractivity (Wildman–Crippen MR) is 72.0 cm³/mol. The van der Waals surface area contributed by atoms with Crippen LogP contribution in [0.4, 0.5) is 17.6 Å². The number of halogens is 4. The number of alkyl halides is 4. The van der Waals surface area contributed by atoms with Crippen LogP contribution in [-0.4, -0.2) is 41.5 Å². The molecule has 2 heterocycles. The lowest BCUT2D eigenvalue weighted by atomic mass is 9.95. The molecule has 0 radical (unpaired) electrons. The van der Waals surface area contributed by atoms with Crippen LogP contribution < -0.4 is 0 Å². The van der Waals surface area contributed by atoms with Gasteiger partial charge >= 0.3 is 6.18 Å². The SMILES string of the molecule is CN1Cc2c(cc(CN3CC(C)(F)C3)cc2C(F)(F)F)C1=O. The Morgan fingerprint density at radius 2 is 1.91 bits per heavy atom. The van der Waals surface area contributed by atoms with Crippen LogP contribution in [0.1, 0.15) is 34.0 Å². The number of amides is 1. The molecule has 1 aromatic carbocycles. The van der Waals surface area contributed by atoms with Crippen molar-refractivity contribution in [2.45, 2.75) is 31.9 Å². The van der Waals surface area contributed by atoms with Gasteiger partial charge in [0.15, 0.2) is 0 Å². The van der Waals surface area contributed by atoms with Gasteiger partial charge in [0.05, 0.1) is 5.56 Å². The maximum atomic E-state index is 13.5. The smallest absolute Gasteiger partial charge is 0.337 e. The van der Waals surface area contributed by atoms with E-state index in [0.29, 0.717) is 5.56 Å². The molecule has 0 atom stereocenters. The van der Waals surface area contributed by atoms with Gasteiger partial charge in [-0.05, 0) is 30.2 Å². The highest BCUT2D eigenvalue weighted by Gasteiger charge is 2.41. The third-order valence-electron chi connectivity index (χ3n) is 4.10. The normalized spacial score (nSPS) is 21.0. The molecule has 3 nitrogen and oxygen atoms in total. The summed E-state index contributed by atoms with van der Waals surface area (Å²) in [6, 6.07) is 2.59. The Kier molecular flexibility index (Phi) is 3.25. The summed E-state index contributed by atoms with van der Waals surface area (Å²) >= 11 is 0. The van der Waals surface area contributed by atoms with E-state index >= 15 is 0 Å². The molecule has 2 aliphatic heterocycles. The maximum Gasteiger partial charge on any atom is 0.416 e. The molecule has 7 heteroatoms. The van der Waals surface area contributed by atoms with E-state index in [4.69, 9.17) is 0 Å². The Bertz CT molecular complexity index is 631. The van der Waals surface area contributed by atoms with Gasteiger partial charge in [-0.15, -0.1) is 0 Å². The van der Waals surface area contributed by atoms with Gasteiger partial charge in [0, 0.05) is 38.8 Å². The molecule has 1 saturated heterocycles. The summed E-state index contributed by atoms with van der Waals surface area (Å²) in [6.07, 6.45) is -4.50. The van der Waals surface area contributed by atoms with Gasteiger partial charge in [-0.3, -0.25) is 9.69 Å². The fourth-order valence-corrected chi connectivity index (χ4v) is 3.21. The first-order chi connectivity index (χ1) is 10.1. The predicted octanol–water partition coefficient (Wildman–Crippen LogP) is 2.83. The van der Waals surface area contributed by atoms with Crippen molar-refractivity contribution in [3.63, 3.8) is 0 Å². The largest absolute Gasteiger partial charge is 0.416 e. The number of rotatable bonds is 2. The minimum Gasteiger partial charge on any atom is -0.337 e. The molecule has 0 spiro atoms. The van der Waals surface area contributed by atoms with Crippen molar-refractivity contribution in [3.8, 4) is 0 Å². The molecule has 120 valence electrons. The number of benzene rings is 1. The molecule has 2 aliphatic rings. The van der Waals surface area contributed by atoms with E-state index in [1.54, 1.807) is 4.90 Å². The monoisotopic (exact) mass is 316 g/mol. The molecule has 1 amide bonds. The van der Waals surface area contributed by atoms with E-state index in [1.165, 1.54) is 24.9 Å². The second kappa shape index (κ2) is 4.68. The van der Waals surface area contributed by atoms with Crippen LogP contribution in [0.5, 0.6) is 0 Å². The summed E-state index contributed by atoms with van der Waals surface area (Å²) in [4.78, 5) is 15.0. The molecule has 0 saturated carbocycles. The van der Waals surface area contributed by atoms with E-state index in [1.807, 2.05) is 0 Å². The minimum absolute atomic E-state index is 0.0303. The first kappa shape index (κ1) is 15.3. The van der Waals surface area contributed by atoms with Crippen molar-refractivity contribution in [1.82, 2.24) is 9.80 Å². The number of carbonyl (C=O) groups excluding carboxylic acids is 1. The Morgan fingerprint density at radius 1 is 1.27 bits per heavy atom. The average Bonchev–Trinajstić information content (AvgIpc) is 2.62. The van der Waals surface area contributed by atoms with Crippen molar-refractivity contribution in [2.24, 2.45) is 0 Å². The molecule has 22 heavy (non-hydrogen) atoms. The van der Waals surface area contributed by atoms with Crippen LogP contribution in [0.3, 0.4) is 0 Å². The van der Waals surface area contributed by atoms with Crippen LogP contribution in [0.15, 0.2) is 12.1 Å². The van der Waals surface area contributed by atoms with Crippen molar-refractivity contribution in [2.75, 3.05) is 20.1 Å². The van der Waals surface area contributed by atoms with Crippen LogP contribution in [0, 0.1) is 0 Å². The van der Waals surface area contributed by atoms with Crippen molar-refractivity contribution in [3.05, 3.63) is 34.4 Å². The Balaban J connectivity index is 1.94. The van der Waals surface area contributed by atoms with Gasteiger partial charge in [0.1, 0.15) is 5.67 Å². The molecule has 0 N–H and O–H groups in total. The first-order valence-electron chi connectivity index (χ1n) is 6.96. The lowest BCUT2D eigenvalue weighted by molar-refractivity contribution is -0.138. The lowest BCUT2D eigenvalue weighted by Gasteiger charge is -2.42. The summed E-state index contributed by atoms with van der Waals surface area (Å²) in [5.41, 5.74) is -1.51. The van der Waals surface area contributed by atoms with Crippen LogP contribution >= 0.6 is 0 Å². The molecule has 0 aromatic heterocycles. The Morgan fingerprint density at radius 3 is 2.45 bits per heavy atom. The van der Waals surface area contributed by atoms with Gasteiger partial charge < -0.3 is 4.90 Å². The average molecular weight is 316 g/mol. The van der Waals surface area contributed by atoms with Gasteiger partial charge in [0.2, 0.25) is 0 Å². The highest BCUT2D eigenvalue weighted by atomic mass is 19.4. The second-order valence-electron chi connectivity index (χ2n) is 6.39. The topological polar surface area (TPSA) is 23.6 Å². The van der Waals surface area contributed by atoms with E-state index in [2.05, 4.69) is 0 Å². The molecular formula is C15H16F4N2O. The second-order valence-corrected chi connectivity index (χ2v) is 6.39. The first-order valence-corrected chi connectivity index (χ1v) is 6.96. The number of hydrogen-bond donors (Lipinski definition) is 0. The summed E-state index contributed by atoms with van der Waals surface area (Å²) in [6.45, 7) is 2.03. The number of hydrogen-bond acceptors (Lipinski definition) is 2. The van der Waals surface area contributed by atoms with Crippen LogP contribution in [0.2, 0.25) is 0 Å². The van der Waals surface area contributed by atoms with E-state index < -0.39 is 23.3 Å². The zero-order valence-electron chi connectivity index (χ0n) is 12.3. The molecule has 0 unspecified atom stereocenters. The third-order valence-corrected chi connectivity index (χ3v) is 4.10. The molecule has 0 bridgehead atoms. The van der Waals surface area contributed by atoms with Crippen molar-refractivity contribution in [1.29, 1.82) is 0 Å². The third kappa shape index (κ3) is 2.58. The molecule has 1 fully saturated rings. The highest BCUT2D eigenvalue weighted by molar-refractivity contribution is 5.98. The molecule has 3 rings (SSSR count). The van der Waals surface area contributed by atoms with E-state index in [-0.39, 0.29) is 37.3 Å². The minimum atomic E-state index is -4.50. The summed E-state index contributed by atoms with van der Waals surface area (Å²) in [5.74, 6) is -0.402. The number of fused-ring (bicyclic) bond motifs is 1. The zero-order valence-corrected chi connectivity index (χ0v) is 12.3. The van der Waals surface area contributed by atoms with E-state index in [0.717, 1.165) is 6.07 Å². The summed E-state index contributed by atoms with van der Waals surface area (Å²) in [7, 11) is 1.48. The van der Waals surface area contributed by atoms with Crippen LogP contribution in [0.25, 0.3) is 0 Å². The number of carbonyl (C=O) groups is 1. The lowest BCUT2D eigenvalue weighted by Crippen LogP contribution is -2.56. The highest BCUT2D eigenvalue weighted by Crippen LogP contribution is 2.38. The van der Waals surface area contributed by atoms with E-state index in [9.17, 15) is 22.4 Å². The van der Waals surface area contributed by atoms with Gasteiger partial charge in [-0.25, -0.2) is 4.39 Å². The van der Waals surface area contributed by atoms with Gasteiger partial charge in [-0.2, -0.15) is 13.2 Å². The number of likely N-dealkylation sites (tertiary alicyclic amines) is 1. The van der Waals surface area contributed by atoms with Crippen molar-refractivity contribution < 1.29 is 22.4 Å². The molecular weight excluding hydrogens is 300 g/mol. The molecule has 0 aliphatic carbocycles.